The van der Waals surface area contributed by atoms with Crippen LogP contribution in [0.25, 0.3) is 10.2 Å². The number of sulfonamides is 1. The highest BCUT2D eigenvalue weighted by Crippen LogP contribution is 2.29. The molecule has 1 aromatic heterocycles. The molecule has 0 spiro atoms. The van der Waals surface area contributed by atoms with Crippen molar-refractivity contribution in [2.24, 2.45) is 12.1 Å². The molecule has 238 valence electrons. The van der Waals surface area contributed by atoms with Crippen molar-refractivity contribution in [1.82, 2.24) is 9.40 Å². The van der Waals surface area contributed by atoms with Gasteiger partial charge in [0.1, 0.15) is 10.6 Å². The van der Waals surface area contributed by atoms with Crippen molar-refractivity contribution < 1.29 is 23.1 Å². The summed E-state index contributed by atoms with van der Waals surface area (Å²) >= 11 is 13.6. The molecule has 0 saturated carbocycles. The van der Waals surface area contributed by atoms with Crippen molar-refractivity contribution in [2.45, 2.75) is 102 Å². The van der Waals surface area contributed by atoms with E-state index in [2.05, 4.69) is 16.9 Å². The molecule has 0 aliphatic carbocycles. The van der Waals surface area contributed by atoms with Crippen LogP contribution in [-0.2, 0) is 17.1 Å². The number of aromatic carboxylic acids is 1. The van der Waals surface area contributed by atoms with E-state index in [9.17, 15) is 18.3 Å². The molecule has 0 amide bonds. The van der Waals surface area contributed by atoms with E-state index in [0.717, 1.165) is 30.0 Å². The number of ether oxygens (including phenoxy) is 1. The number of nitrogens with one attached hydrogen (secondary N) is 1. The van der Waals surface area contributed by atoms with Crippen molar-refractivity contribution in [3.8, 4) is 5.75 Å². The number of aryl methyl sites for hydroxylation is 1. The topological polar surface area (TPSA) is 110 Å². The lowest BCUT2D eigenvalue weighted by molar-refractivity contribution is 0.0696. The molecule has 3 rings (SSSR count). The first-order valence-corrected chi connectivity index (χ1v) is 18.2. The molecular weight excluding hydrogens is 629 g/mol. The zero-order chi connectivity index (χ0) is 31.2. The number of carboxylic acids is 1. The number of aromatic nitrogens is 1. The third kappa shape index (κ3) is 11.0. The predicted molar refractivity (Wildman–Crippen MR) is 176 cm³/mol. The number of carbonyl (C=O) groups is 1. The summed E-state index contributed by atoms with van der Waals surface area (Å²) in [5.41, 5.74) is 0.497. The quantitative estimate of drug-likeness (QED) is 0.0920. The summed E-state index contributed by atoms with van der Waals surface area (Å²) in [5, 5.41) is 14.4. The number of hydrogen-bond donors (Lipinski definition) is 2. The molecule has 3 aromatic rings. The Balaban J connectivity index is 1.51. The lowest BCUT2D eigenvalue weighted by atomic mass is 10.0. The van der Waals surface area contributed by atoms with Gasteiger partial charge in [-0.2, -0.15) is 13.2 Å². The highest BCUT2D eigenvalue weighted by molar-refractivity contribution is 7.89. The SMILES string of the molecule is CCCCCCCCCCCCCCCCOc1ccc(C(=O)O)cc1S(=O)(=O)N/N=c1\sc2cc(Cl)cc(Cl)c2n1C. The zero-order valence-electron chi connectivity index (χ0n) is 25.0. The van der Waals surface area contributed by atoms with E-state index in [1.807, 2.05) is 0 Å². The van der Waals surface area contributed by atoms with Crippen molar-refractivity contribution in [1.29, 1.82) is 0 Å². The molecule has 2 N–H and O–H groups in total. The summed E-state index contributed by atoms with van der Waals surface area (Å²) in [5.74, 6) is -1.16. The molecule has 0 atom stereocenters. The van der Waals surface area contributed by atoms with Gasteiger partial charge in [0.2, 0.25) is 4.80 Å². The molecule has 0 saturated heterocycles. The van der Waals surface area contributed by atoms with Crippen molar-refractivity contribution in [3.63, 3.8) is 0 Å². The fraction of sp³-hybridized carbons (Fsp3) is 0.548. The maximum Gasteiger partial charge on any atom is 0.335 e. The van der Waals surface area contributed by atoms with E-state index in [1.165, 1.54) is 94.1 Å². The van der Waals surface area contributed by atoms with Gasteiger partial charge in [-0.1, -0.05) is 125 Å². The molecule has 0 aliphatic rings. The Morgan fingerprint density at radius 1 is 0.930 bits per heavy atom. The first-order chi connectivity index (χ1) is 20.6. The Labute approximate surface area is 269 Å². The Morgan fingerprint density at radius 2 is 1.51 bits per heavy atom. The molecule has 0 aliphatic heterocycles. The maximum atomic E-state index is 13.3. The number of halogens is 2. The minimum atomic E-state index is -4.26. The van der Waals surface area contributed by atoms with E-state index in [1.54, 1.807) is 23.7 Å². The molecule has 0 fully saturated rings. The van der Waals surface area contributed by atoms with Gasteiger partial charge in [0.25, 0.3) is 10.0 Å². The van der Waals surface area contributed by atoms with Crippen molar-refractivity contribution >= 4 is 60.7 Å². The Bertz CT molecular complexity index is 1520. The van der Waals surface area contributed by atoms with Crippen LogP contribution < -0.4 is 14.4 Å². The summed E-state index contributed by atoms with van der Waals surface area (Å²) in [6, 6.07) is 7.12. The van der Waals surface area contributed by atoms with E-state index in [-0.39, 0.29) is 16.2 Å². The highest BCUT2D eigenvalue weighted by Gasteiger charge is 2.22. The van der Waals surface area contributed by atoms with E-state index < -0.39 is 16.0 Å². The number of carboxylic acid groups (broad SMARTS) is 1. The number of fused-ring (bicyclic) bond motifs is 1. The second-order valence-corrected chi connectivity index (χ2v) is 14.3. The van der Waals surface area contributed by atoms with Gasteiger partial charge in [-0.05, 0) is 36.8 Å². The van der Waals surface area contributed by atoms with Gasteiger partial charge in [0, 0.05) is 12.1 Å². The molecule has 12 heteroatoms. The summed E-state index contributed by atoms with van der Waals surface area (Å²) in [4.78, 5) is 13.9. The van der Waals surface area contributed by atoms with Gasteiger partial charge in [-0.3, -0.25) is 0 Å². The summed E-state index contributed by atoms with van der Waals surface area (Å²) < 4.78 is 34.8. The van der Waals surface area contributed by atoms with E-state index >= 15 is 0 Å². The summed E-state index contributed by atoms with van der Waals surface area (Å²) in [6.45, 7) is 2.58. The van der Waals surface area contributed by atoms with Crippen molar-refractivity contribution in [3.05, 3.63) is 50.7 Å². The summed E-state index contributed by atoms with van der Waals surface area (Å²) in [6.07, 6.45) is 17.3. The number of unbranched alkanes of at least 4 members (excludes halogenated alkanes) is 13. The Kier molecular flexibility index (Phi) is 14.6. The molecule has 0 unspecified atom stereocenters. The minimum absolute atomic E-state index is 0.0814. The smallest absolute Gasteiger partial charge is 0.335 e. The van der Waals surface area contributed by atoms with Crippen LogP contribution in [-0.4, -0.2) is 30.7 Å². The first kappa shape index (κ1) is 35.2. The number of rotatable bonds is 20. The Morgan fingerprint density at radius 3 is 2.09 bits per heavy atom. The van der Waals surface area contributed by atoms with Crippen LogP contribution in [0.3, 0.4) is 0 Å². The van der Waals surface area contributed by atoms with Crippen LogP contribution >= 0.6 is 34.5 Å². The fourth-order valence-corrected chi connectivity index (χ4v) is 7.73. The van der Waals surface area contributed by atoms with Crippen LogP contribution in [0.15, 0.2) is 40.3 Å². The largest absolute Gasteiger partial charge is 0.492 e. The minimum Gasteiger partial charge on any atom is -0.492 e. The highest BCUT2D eigenvalue weighted by atomic mass is 35.5. The monoisotopic (exact) mass is 671 g/mol. The van der Waals surface area contributed by atoms with Gasteiger partial charge in [-0.15, -0.1) is 5.10 Å². The van der Waals surface area contributed by atoms with Crippen LogP contribution in [0, 0.1) is 0 Å². The third-order valence-corrected chi connectivity index (χ3v) is 10.1. The van der Waals surface area contributed by atoms with Gasteiger partial charge >= 0.3 is 5.97 Å². The average molecular weight is 673 g/mol. The lowest BCUT2D eigenvalue weighted by Gasteiger charge is -2.12. The van der Waals surface area contributed by atoms with Crippen LogP contribution in [0.5, 0.6) is 5.75 Å². The fourth-order valence-electron chi connectivity index (χ4n) is 4.90. The predicted octanol–water partition coefficient (Wildman–Crippen LogP) is 8.90. The normalized spacial score (nSPS) is 12.2. The van der Waals surface area contributed by atoms with Gasteiger partial charge in [-0.25, -0.2) is 4.79 Å². The molecular formula is C31H43Cl2N3O5S2. The van der Waals surface area contributed by atoms with Gasteiger partial charge < -0.3 is 14.4 Å². The second kappa shape index (κ2) is 17.9. The average Bonchev–Trinajstić information content (AvgIpc) is 3.28. The standard InChI is InChI=1S/C31H43Cl2N3O5S2/c1-3-4-5-6-7-8-9-10-11-12-13-14-15-16-19-41-26-18-17-23(30(37)38)20-28(26)43(39,40)35-34-31-36(2)29-25(33)21-24(32)22-27(29)42-31/h17-18,20-22,35H,3-16,19H2,1-2H3,(H,37,38)/b34-31-. The van der Waals surface area contributed by atoms with Crippen LogP contribution in [0.2, 0.25) is 10.0 Å². The third-order valence-electron chi connectivity index (χ3n) is 7.31. The molecule has 2 aromatic carbocycles. The number of hydrogen-bond acceptors (Lipinski definition) is 6. The second-order valence-electron chi connectivity index (χ2n) is 10.8. The number of thiazole rings is 1. The number of benzene rings is 2. The van der Waals surface area contributed by atoms with Crippen LogP contribution in [0.4, 0.5) is 0 Å². The number of nitrogens with zero attached hydrogens (tertiary/aromatic N) is 2. The van der Waals surface area contributed by atoms with Crippen LogP contribution in [0.1, 0.15) is 107 Å². The van der Waals surface area contributed by atoms with Crippen molar-refractivity contribution in [2.75, 3.05) is 6.61 Å². The van der Waals surface area contributed by atoms with E-state index in [4.69, 9.17) is 27.9 Å². The Hall–Kier alpha value is -2.27. The summed E-state index contributed by atoms with van der Waals surface area (Å²) in [7, 11) is -2.55. The van der Waals surface area contributed by atoms with Gasteiger partial charge in [0.15, 0.2) is 0 Å². The molecule has 0 bridgehead atoms. The molecule has 8 nitrogen and oxygen atoms in total. The molecule has 43 heavy (non-hydrogen) atoms. The van der Waals surface area contributed by atoms with Gasteiger partial charge in [0.05, 0.1) is 27.4 Å². The molecule has 0 radical (unpaired) electrons. The lowest BCUT2D eigenvalue weighted by Crippen LogP contribution is -2.24. The molecule has 1 heterocycles. The zero-order valence-corrected chi connectivity index (χ0v) is 28.2. The first-order valence-electron chi connectivity index (χ1n) is 15.1. The maximum absolute atomic E-state index is 13.3. The van der Waals surface area contributed by atoms with E-state index in [0.29, 0.717) is 27.0 Å².